The predicted octanol–water partition coefficient (Wildman–Crippen LogP) is 1.44. The van der Waals surface area contributed by atoms with Gasteiger partial charge < -0.3 is 4.90 Å². The number of piperazine rings is 1. The molecule has 0 aliphatic carbocycles. The first-order valence-corrected chi connectivity index (χ1v) is 7.97. The maximum Gasteiger partial charge on any atom is 0.185 e. The Kier molecular flexibility index (Phi) is 3.81. The Labute approximate surface area is 139 Å². The highest BCUT2D eigenvalue weighted by Gasteiger charge is 2.19. The number of nitrogens with zero attached hydrogens (tertiary/aromatic N) is 7. The molecule has 120 valence electrons. The summed E-state index contributed by atoms with van der Waals surface area (Å²) in [5.74, 6) is 1.66. The Hall–Kier alpha value is -2.98. The van der Waals surface area contributed by atoms with Crippen molar-refractivity contribution in [3.8, 4) is 17.5 Å². The topological polar surface area (TPSA) is 73.4 Å². The fraction of sp³-hybridized carbons (Fsp3) is 0.294. The van der Waals surface area contributed by atoms with Crippen molar-refractivity contribution in [1.29, 1.82) is 5.26 Å². The third-order valence-electron chi connectivity index (χ3n) is 4.27. The van der Waals surface area contributed by atoms with Crippen molar-refractivity contribution in [2.75, 3.05) is 37.6 Å². The molecule has 1 saturated heterocycles. The van der Waals surface area contributed by atoms with Crippen LogP contribution in [0, 0.1) is 11.3 Å². The fourth-order valence-electron chi connectivity index (χ4n) is 2.95. The summed E-state index contributed by atoms with van der Waals surface area (Å²) in [6.07, 6.45) is 0. The molecule has 1 fully saturated rings. The average molecular weight is 319 g/mol. The van der Waals surface area contributed by atoms with Crippen LogP contribution in [0.5, 0.6) is 0 Å². The lowest BCUT2D eigenvalue weighted by molar-refractivity contribution is 0.286. The van der Waals surface area contributed by atoms with Gasteiger partial charge in [0, 0.05) is 31.7 Å². The number of benzene rings is 1. The molecule has 0 spiro atoms. The van der Waals surface area contributed by atoms with Crippen LogP contribution in [0.1, 0.15) is 0 Å². The predicted molar refractivity (Wildman–Crippen MR) is 90.5 cm³/mol. The van der Waals surface area contributed by atoms with E-state index in [1.54, 1.807) is 4.52 Å². The lowest BCUT2D eigenvalue weighted by atomic mass is 10.2. The van der Waals surface area contributed by atoms with Crippen molar-refractivity contribution < 1.29 is 0 Å². The molecule has 0 amide bonds. The summed E-state index contributed by atoms with van der Waals surface area (Å²) >= 11 is 0. The number of fused-ring (bicyclic) bond motifs is 1. The van der Waals surface area contributed by atoms with Gasteiger partial charge in [0.05, 0.1) is 12.6 Å². The van der Waals surface area contributed by atoms with Crippen LogP contribution in [0.25, 0.3) is 17.0 Å². The van der Waals surface area contributed by atoms with Gasteiger partial charge in [0.15, 0.2) is 11.5 Å². The average Bonchev–Trinajstić information content (AvgIpc) is 3.06. The van der Waals surface area contributed by atoms with E-state index in [0.29, 0.717) is 6.54 Å². The summed E-state index contributed by atoms with van der Waals surface area (Å²) in [6.45, 7) is 3.97. The summed E-state index contributed by atoms with van der Waals surface area (Å²) in [6, 6.07) is 16.1. The van der Waals surface area contributed by atoms with E-state index in [2.05, 4.69) is 26.1 Å². The van der Waals surface area contributed by atoms with E-state index >= 15 is 0 Å². The number of rotatable bonds is 3. The van der Waals surface area contributed by atoms with Crippen LogP contribution in [-0.2, 0) is 0 Å². The highest BCUT2D eigenvalue weighted by Crippen LogP contribution is 2.20. The zero-order chi connectivity index (χ0) is 16.4. The number of anilines is 1. The molecule has 0 N–H and O–H groups in total. The third-order valence-corrected chi connectivity index (χ3v) is 4.27. The molecule has 2 aromatic heterocycles. The molecule has 7 nitrogen and oxygen atoms in total. The monoisotopic (exact) mass is 319 g/mol. The molecule has 0 saturated carbocycles. The lowest BCUT2D eigenvalue weighted by Crippen LogP contribution is -2.46. The third kappa shape index (κ3) is 2.68. The summed E-state index contributed by atoms with van der Waals surface area (Å²) in [4.78, 5) is 4.39. The van der Waals surface area contributed by atoms with E-state index in [1.165, 1.54) is 0 Å². The van der Waals surface area contributed by atoms with Crippen molar-refractivity contribution in [2.45, 2.75) is 0 Å². The van der Waals surface area contributed by atoms with Crippen LogP contribution >= 0.6 is 0 Å². The van der Waals surface area contributed by atoms with Gasteiger partial charge in [-0.1, -0.05) is 30.3 Å². The van der Waals surface area contributed by atoms with E-state index in [0.717, 1.165) is 49.0 Å². The van der Waals surface area contributed by atoms with E-state index < -0.39 is 0 Å². The molecule has 0 bridgehead atoms. The Balaban J connectivity index is 1.63. The van der Waals surface area contributed by atoms with E-state index in [1.807, 2.05) is 42.5 Å². The minimum Gasteiger partial charge on any atom is -0.353 e. The van der Waals surface area contributed by atoms with Gasteiger partial charge in [-0.25, -0.2) is 0 Å². The number of hydrogen-bond donors (Lipinski definition) is 0. The first-order chi connectivity index (χ1) is 11.8. The second kappa shape index (κ2) is 6.26. The second-order valence-corrected chi connectivity index (χ2v) is 5.77. The van der Waals surface area contributed by atoms with Crippen LogP contribution in [0.3, 0.4) is 0 Å². The summed E-state index contributed by atoms with van der Waals surface area (Å²) < 4.78 is 1.80. The fourth-order valence-corrected chi connectivity index (χ4v) is 2.95. The van der Waals surface area contributed by atoms with Gasteiger partial charge >= 0.3 is 0 Å². The van der Waals surface area contributed by atoms with Crippen LogP contribution < -0.4 is 4.90 Å². The van der Waals surface area contributed by atoms with Crippen molar-refractivity contribution in [2.24, 2.45) is 0 Å². The number of hydrogen-bond acceptors (Lipinski definition) is 6. The van der Waals surface area contributed by atoms with E-state index in [-0.39, 0.29) is 0 Å². The molecule has 3 aromatic rings. The smallest absolute Gasteiger partial charge is 0.185 e. The quantitative estimate of drug-likeness (QED) is 0.680. The molecular formula is C17H17N7. The maximum atomic E-state index is 8.80. The molecule has 4 rings (SSSR count). The molecule has 3 heterocycles. The van der Waals surface area contributed by atoms with Crippen molar-refractivity contribution >= 4 is 11.5 Å². The number of aromatic nitrogens is 4. The highest BCUT2D eigenvalue weighted by molar-refractivity contribution is 5.59. The molecule has 0 unspecified atom stereocenters. The second-order valence-electron chi connectivity index (χ2n) is 5.77. The Bertz CT molecular complexity index is 873. The van der Waals surface area contributed by atoms with E-state index in [4.69, 9.17) is 10.4 Å². The Morgan fingerprint density at radius 3 is 2.50 bits per heavy atom. The van der Waals surface area contributed by atoms with Gasteiger partial charge in [0.1, 0.15) is 5.82 Å². The summed E-state index contributed by atoms with van der Waals surface area (Å²) in [5, 5.41) is 22.0. The lowest BCUT2D eigenvalue weighted by Gasteiger charge is -2.33. The highest BCUT2D eigenvalue weighted by atomic mass is 15.4. The van der Waals surface area contributed by atoms with Crippen LogP contribution in [0.2, 0.25) is 0 Å². The van der Waals surface area contributed by atoms with Crippen molar-refractivity contribution in [3.63, 3.8) is 0 Å². The van der Waals surface area contributed by atoms with E-state index in [9.17, 15) is 0 Å². The normalized spacial score (nSPS) is 15.5. The standard InChI is InChI=1S/C17H17N7/c18-8-9-22-10-12-23(13-11-22)16-7-6-15-19-20-17(24(15)21-16)14-4-2-1-3-5-14/h1-7H,9-13H2. The zero-order valence-electron chi connectivity index (χ0n) is 13.2. The molecule has 24 heavy (non-hydrogen) atoms. The van der Waals surface area contributed by atoms with Gasteiger partial charge in [-0.2, -0.15) is 9.78 Å². The largest absolute Gasteiger partial charge is 0.353 e. The van der Waals surface area contributed by atoms with Gasteiger partial charge in [-0.05, 0) is 12.1 Å². The van der Waals surface area contributed by atoms with Crippen LogP contribution in [0.4, 0.5) is 5.82 Å². The summed E-state index contributed by atoms with van der Waals surface area (Å²) in [7, 11) is 0. The summed E-state index contributed by atoms with van der Waals surface area (Å²) in [5.41, 5.74) is 1.73. The molecule has 1 aromatic carbocycles. The maximum absolute atomic E-state index is 8.80. The van der Waals surface area contributed by atoms with Crippen molar-refractivity contribution in [1.82, 2.24) is 24.7 Å². The first-order valence-electron chi connectivity index (χ1n) is 7.97. The molecular weight excluding hydrogens is 302 g/mol. The number of nitriles is 1. The Morgan fingerprint density at radius 2 is 1.75 bits per heavy atom. The van der Waals surface area contributed by atoms with Gasteiger partial charge in [0.2, 0.25) is 0 Å². The molecule has 0 radical (unpaired) electrons. The zero-order valence-corrected chi connectivity index (χ0v) is 13.2. The first kappa shape index (κ1) is 14.6. The van der Waals surface area contributed by atoms with Gasteiger partial charge in [0.25, 0.3) is 0 Å². The van der Waals surface area contributed by atoms with Crippen LogP contribution in [0.15, 0.2) is 42.5 Å². The molecule has 1 aliphatic heterocycles. The minimum atomic E-state index is 0.490. The molecule has 1 aliphatic rings. The molecule has 0 atom stereocenters. The van der Waals surface area contributed by atoms with Gasteiger partial charge in [-0.3, -0.25) is 4.90 Å². The molecule has 7 heteroatoms. The van der Waals surface area contributed by atoms with Gasteiger partial charge in [-0.15, -0.1) is 15.3 Å². The SMILES string of the molecule is N#CCN1CCN(c2ccc3nnc(-c4ccccc4)n3n2)CC1. The minimum absolute atomic E-state index is 0.490. The van der Waals surface area contributed by atoms with Crippen LogP contribution in [-0.4, -0.2) is 57.4 Å². The Morgan fingerprint density at radius 1 is 0.958 bits per heavy atom. The van der Waals surface area contributed by atoms with Crippen molar-refractivity contribution in [3.05, 3.63) is 42.5 Å².